The molecule has 0 aliphatic carbocycles. The van der Waals surface area contributed by atoms with Gasteiger partial charge in [0.25, 0.3) is 5.91 Å². The molecule has 3 rings (SSSR count). The summed E-state index contributed by atoms with van der Waals surface area (Å²) in [6, 6.07) is 5.36. The van der Waals surface area contributed by atoms with E-state index in [1.54, 1.807) is 19.1 Å². The summed E-state index contributed by atoms with van der Waals surface area (Å²) >= 11 is 1.03. The molecule has 0 saturated heterocycles. The smallest absolute Gasteiger partial charge is 0.341 e. The number of carbonyl (C=O) groups excluding carboxylic acids is 3. The maximum absolute atomic E-state index is 13.1. The van der Waals surface area contributed by atoms with E-state index in [-0.39, 0.29) is 35.7 Å². The van der Waals surface area contributed by atoms with E-state index in [2.05, 4.69) is 10.6 Å². The average molecular weight is 448 g/mol. The van der Waals surface area contributed by atoms with Crippen LogP contribution in [0.3, 0.4) is 0 Å². The highest BCUT2D eigenvalue weighted by Gasteiger charge is 2.29. The van der Waals surface area contributed by atoms with Gasteiger partial charge in [-0.1, -0.05) is 13.0 Å². The first-order valence-electron chi connectivity index (χ1n) is 9.81. The van der Waals surface area contributed by atoms with Crippen molar-refractivity contribution < 1.29 is 28.6 Å². The van der Waals surface area contributed by atoms with Crippen LogP contribution in [0, 0.1) is 6.92 Å². The number of rotatable bonds is 8. The third-order valence-electron chi connectivity index (χ3n) is 4.93. The van der Waals surface area contributed by atoms with Gasteiger partial charge in [-0.3, -0.25) is 9.59 Å². The van der Waals surface area contributed by atoms with Crippen molar-refractivity contribution in [2.24, 2.45) is 5.73 Å². The molecule has 4 N–H and O–H groups in total. The van der Waals surface area contributed by atoms with Crippen molar-refractivity contribution >= 4 is 34.1 Å². The second-order valence-electron chi connectivity index (χ2n) is 6.86. The van der Waals surface area contributed by atoms with Crippen LogP contribution in [0.15, 0.2) is 18.2 Å². The molecule has 9 nitrogen and oxygen atoms in total. The van der Waals surface area contributed by atoms with Crippen molar-refractivity contribution in [2.45, 2.75) is 26.2 Å². The van der Waals surface area contributed by atoms with Crippen LogP contribution >= 0.6 is 11.3 Å². The number of thiophene rings is 1. The van der Waals surface area contributed by atoms with E-state index < -0.39 is 11.9 Å². The number of anilines is 1. The molecule has 1 aromatic heterocycles. The lowest BCUT2D eigenvalue weighted by Crippen LogP contribution is -2.28. The highest BCUT2D eigenvalue weighted by molar-refractivity contribution is 7.18. The quantitative estimate of drug-likeness (QED) is 0.530. The number of methoxy groups -OCH3 is 1. The Morgan fingerprint density at radius 2 is 2.00 bits per heavy atom. The fraction of sp³-hybridized carbons (Fsp3) is 0.381. The minimum absolute atomic E-state index is 0.147. The van der Waals surface area contributed by atoms with Crippen LogP contribution in [-0.4, -0.2) is 44.8 Å². The van der Waals surface area contributed by atoms with Crippen LogP contribution in [0.25, 0.3) is 0 Å². The van der Waals surface area contributed by atoms with Gasteiger partial charge in [-0.15, -0.1) is 11.3 Å². The second-order valence-corrected chi connectivity index (χ2v) is 7.88. The highest BCUT2D eigenvalue weighted by Crippen LogP contribution is 2.37. The van der Waals surface area contributed by atoms with E-state index >= 15 is 0 Å². The molecule has 0 spiro atoms. The Bertz CT molecular complexity index is 1000. The Kier molecular flexibility index (Phi) is 7.13. The average Bonchev–Trinajstić information content (AvgIpc) is 3.36. The lowest BCUT2D eigenvalue weighted by atomic mass is 9.95. The minimum Gasteiger partial charge on any atom is -0.465 e. The van der Waals surface area contributed by atoms with Crippen LogP contribution in [0.4, 0.5) is 5.00 Å². The number of amides is 2. The van der Waals surface area contributed by atoms with Crippen molar-refractivity contribution in [3.8, 4) is 11.5 Å². The van der Waals surface area contributed by atoms with E-state index in [0.717, 1.165) is 16.9 Å². The second kappa shape index (κ2) is 9.80. The summed E-state index contributed by atoms with van der Waals surface area (Å²) in [7, 11) is 1.25. The lowest BCUT2D eigenvalue weighted by molar-refractivity contribution is -0.117. The molecule has 31 heavy (non-hydrogen) atoms. The Hall–Kier alpha value is -3.11. The number of esters is 1. The van der Waals surface area contributed by atoms with Gasteiger partial charge < -0.3 is 30.6 Å². The summed E-state index contributed by atoms with van der Waals surface area (Å²) in [5.74, 6) is -0.558. The number of hydrogen-bond donors (Lipinski definition) is 3. The van der Waals surface area contributed by atoms with Gasteiger partial charge in [-0.05, 0) is 36.6 Å². The summed E-state index contributed by atoms with van der Waals surface area (Å²) in [5.41, 5.74) is 6.81. The summed E-state index contributed by atoms with van der Waals surface area (Å²) in [5, 5.41) is 5.77. The third kappa shape index (κ3) is 4.64. The SMILES string of the molecule is CCC(C(=O)Nc1sc(C(=O)NCCN)c(C)c1C(=O)OC)c1ccc2c(c1)OCO2. The van der Waals surface area contributed by atoms with Crippen molar-refractivity contribution in [3.63, 3.8) is 0 Å². The molecule has 0 bridgehead atoms. The van der Waals surface area contributed by atoms with E-state index in [1.807, 2.05) is 13.0 Å². The van der Waals surface area contributed by atoms with E-state index in [0.29, 0.717) is 34.9 Å². The zero-order chi connectivity index (χ0) is 22.5. The summed E-state index contributed by atoms with van der Waals surface area (Å²) < 4.78 is 15.6. The third-order valence-corrected chi connectivity index (χ3v) is 6.14. The highest BCUT2D eigenvalue weighted by atomic mass is 32.1. The number of nitrogens with one attached hydrogen (secondary N) is 2. The molecule has 1 atom stereocenters. The molecule has 10 heteroatoms. The standard InChI is InChI=1S/C21H25N3O6S/c1-4-13(12-5-6-14-15(9-12)30-10-29-14)18(25)24-20-16(21(27)28-3)11(2)17(31-20)19(26)23-8-7-22/h5-6,9,13H,4,7-8,10,22H2,1-3H3,(H,23,26)(H,24,25). The van der Waals surface area contributed by atoms with Crippen LogP contribution in [0.2, 0.25) is 0 Å². The normalized spacial score (nSPS) is 12.9. The molecule has 1 aliphatic heterocycles. The number of fused-ring (bicyclic) bond motifs is 1. The number of hydrogen-bond acceptors (Lipinski definition) is 8. The first kappa shape index (κ1) is 22.6. The van der Waals surface area contributed by atoms with Crippen LogP contribution in [0.1, 0.15) is 50.4 Å². The van der Waals surface area contributed by atoms with Gasteiger partial charge in [-0.2, -0.15) is 0 Å². The molecule has 1 unspecified atom stereocenters. The molecule has 0 fully saturated rings. The molecule has 2 heterocycles. The van der Waals surface area contributed by atoms with E-state index in [1.165, 1.54) is 7.11 Å². The predicted octanol–water partition coefficient (Wildman–Crippen LogP) is 2.39. The molecule has 2 aromatic rings. The molecule has 0 saturated carbocycles. The van der Waals surface area contributed by atoms with Crippen molar-refractivity contribution in [1.29, 1.82) is 0 Å². The fourth-order valence-electron chi connectivity index (χ4n) is 3.33. The molecule has 0 radical (unpaired) electrons. The Labute approximate surface area is 183 Å². The van der Waals surface area contributed by atoms with Crippen molar-refractivity contribution in [1.82, 2.24) is 5.32 Å². The van der Waals surface area contributed by atoms with Gasteiger partial charge in [0.05, 0.1) is 23.5 Å². The zero-order valence-electron chi connectivity index (χ0n) is 17.6. The van der Waals surface area contributed by atoms with Crippen LogP contribution in [0.5, 0.6) is 11.5 Å². The van der Waals surface area contributed by atoms with Gasteiger partial charge in [0.2, 0.25) is 12.7 Å². The monoisotopic (exact) mass is 447 g/mol. The molecular formula is C21H25N3O6S. The van der Waals surface area contributed by atoms with Gasteiger partial charge in [0.15, 0.2) is 11.5 Å². The molecule has 2 amide bonds. The number of benzene rings is 1. The first-order valence-corrected chi connectivity index (χ1v) is 10.6. The maximum atomic E-state index is 13.1. The summed E-state index contributed by atoms with van der Waals surface area (Å²) in [6.45, 7) is 4.27. The first-order chi connectivity index (χ1) is 14.9. The minimum atomic E-state index is -0.627. The van der Waals surface area contributed by atoms with Gasteiger partial charge in [-0.25, -0.2) is 4.79 Å². The largest absolute Gasteiger partial charge is 0.465 e. The van der Waals surface area contributed by atoms with Gasteiger partial charge >= 0.3 is 5.97 Å². The maximum Gasteiger partial charge on any atom is 0.341 e. The fourth-order valence-corrected chi connectivity index (χ4v) is 4.45. The number of carbonyl (C=O) groups is 3. The van der Waals surface area contributed by atoms with E-state index in [9.17, 15) is 14.4 Å². The molecular weight excluding hydrogens is 422 g/mol. The number of ether oxygens (including phenoxy) is 3. The van der Waals surface area contributed by atoms with Crippen molar-refractivity contribution in [2.75, 3.05) is 32.3 Å². The molecule has 1 aliphatic rings. The van der Waals surface area contributed by atoms with Crippen LogP contribution < -0.4 is 25.8 Å². The Balaban J connectivity index is 1.89. The predicted molar refractivity (Wildman–Crippen MR) is 116 cm³/mol. The van der Waals surface area contributed by atoms with Crippen molar-refractivity contribution in [3.05, 3.63) is 39.8 Å². The lowest BCUT2D eigenvalue weighted by Gasteiger charge is -2.16. The summed E-state index contributed by atoms with van der Waals surface area (Å²) in [4.78, 5) is 38.3. The Morgan fingerprint density at radius 1 is 1.26 bits per heavy atom. The van der Waals surface area contributed by atoms with E-state index in [4.69, 9.17) is 19.9 Å². The molecule has 1 aromatic carbocycles. The zero-order valence-corrected chi connectivity index (χ0v) is 18.4. The topological polar surface area (TPSA) is 129 Å². The van der Waals surface area contributed by atoms with Crippen LogP contribution in [-0.2, 0) is 9.53 Å². The summed E-state index contributed by atoms with van der Waals surface area (Å²) in [6.07, 6.45) is 0.521. The van der Waals surface area contributed by atoms with Gasteiger partial charge in [0.1, 0.15) is 5.00 Å². The number of nitrogens with two attached hydrogens (primary N) is 1. The van der Waals surface area contributed by atoms with Gasteiger partial charge in [0, 0.05) is 13.1 Å². The molecule has 166 valence electrons. The Morgan fingerprint density at radius 3 is 2.68 bits per heavy atom.